The van der Waals surface area contributed by atoms with Gasteiger partial charge < -0.3 is 9.88 Å². The second-order valence-corrected chi connectivity index (χ2v) is 15.7. The van der Waals surface area contributed by atoms with E-state index in [9.17, 15) is 0 Å². The third-order valence-electron chi connectivity index (χ3n) is 11.4. The van der Waals surface area contributed by atoms with Crippen LogP contribution in [0.3, 0.4) is 0 Å². The summed E-state index contributed by atoms with van der Waals surface area (Å²) < 4.78 is 7.30. The van der Waals surface area contributed by atoms with Crippen molar-refractivity contribution in [3.8, 4) is 17.1 Å². The van der Waals surface area contributed by atoms with Crippen LogP contribution in [-0.2, 0) is 0 Å². The average molecular weight is 748 g/mol. The summed E-state index contributed by atoms with van der Waals surface area (Å²) >= 11 is 1.84. The zero-order valence-corrected chi connectivity index (χ0v) is 31.5. The van der Waals surface area contributed by atoms with Crippen LogP contribution >= 0.6 is 11.3 Å². The van der Waals surface area contributed by atoms with Crippen LogP contribution in [0.15, 0.2) is 193 Å². The average Bonchev–Trinajstić information content (AvgIpc) is 3.94. The van der Waals surface area contributed by atoms with Gasteiger partial charge in [0.2, 0.25) is 6.29 Å². The zero-order chi connectivity index (χ0) is 37.5. The summed E-state index contributed by atoms with van der Waals surface area (Å²) in [5.41, 5.74) is 10.7. The Kier molecular flexibility index (Phi) is 7.09. The van der Waals surface area contributed by atoms with Gasteiger partial charge in [-0.3, -0.25) is 4.57 Å². The minimum absolute atomic E-state index is 0.385. The molecule has 1 atom stereocenters. The molecule has 57 heavy (non-hydrogen) atoms. The van der Waals surface area contributed by atoms with Gasteiger partial charge in [0.05, 0.1) is 33.5 Å². The van der Waals surface area contributed by atoms with Gasteiger partial charge in [-0.05, 0) is 71.8 Å². The van der Waals surface area contributed by atoms with Crippen molar-refractivity contribution in [1.82, 2.24) is 19.4 Å². The van der Waals surface area contributed by atoms with Crippen LogP contribution in [0, 0.1) is 0 Å². The second-order valence-electron chi connectivity index (χ2n) is 14.6. The molecule has 1 aliphatic heterocycles. The maximum atomic E-state index is 5.41. The minimum atomic E-state index is -0.385. The Morgan fingerprint density at radius 3 is 1.95 bits per heavy atom. The molecule has 1 unspecified atom stereocenters. The standard InChI is InChI=1S/C51H33N5S/c1-3-14-32(15-4-1)40-31-41(33-16-5-2-6-17-33)54-51(53-40)56-43-23-11-8-20-37(43)50-45(56)28-27-44-49(50)36-19-7-10-22-42(36)55(44)48-25-13-21-39(52-48)34-26-29-47-38(30-34)35-18-9-12-24-46(35)57-47/h1-31,51,53H. The number of pyridine rings is 1. The van der Waals surface area contributed by atoms with Gasteiger partial charge >= 0.3 is 0 Å². The molecular weight excluding hydrogens is 715 g/mol. The smallest absolute Gasteiger partial charge is 0.201 e. The molecule has 12 rings (SSSR count). The highest BCUT2D eigenvalue weighted by Crippen LogP contribution is 2.43. The van der Waals surface area contributed by atoms with Gasteiger partial charge in [0.1, 0.15) is 5.82 Å². The number of nitrogens with one attached hydrogen (secondary N) is 1. The van der Waals surface area contributed by atoms with E-state index < -0.39 is 0 Å². The van der Waals surface area contributed by atoms with E-state index in [0.29, 0.717) is 0 Å². The number of thiophene rings is 1. The number of aromatic nitrogens is 3. The molecule has 7 aromatic carbocycles. The van der Waals surface area contributed by atoms with Crippen LogP contribution in [0.1, 0.15) is 17.4 Å². The summed E-state index contributed by atoms with van der Waals surface area (Å²) in [5, 5.41) is 11.2. The van der Waals surface area contributed by atoms with E-state index in [1.54, 1.807) is 0 Å². The largest absolute Gasteiger partial charge is 0.346 e. The highest BCUT2D eigenvalue weighted by molar-refractivity contribution is 7.25. The molecule has 11 aromatic rings. The fraction of sp³-hybridized carbons (Fsp3) is 0.0196. The van der Waals surface area contributed by atoms with E-state index in [4.69, 9.17) is 9.98 Å². The van der Waals surface area contributed by atoms with E-state index in [1.807, 2.05) is 11.3 Å². The Hall–Kier alpha value is -7.28. The Bertz CT molecular complexity index is 3440. The number of benzene rings is 7. The Morgan fingerprint density at radius 2 is 1.12 bits per heavy atom. The lowest BCUT2D eigenvalue weighted by Gasteiger charge is -2.27. The molecule has 5 nitrogen and oxygen atoms in total. The van der Waals surface area contributed by atoms with Gasteiger partial charge in [-0.1, -0.05) is 127 Å². The highest BCUT2D eigenvalue weighted by Gasteiger charge is 2.26. The molecule has 0 amide bonds. The summed E-state index contributed by atoms with van der Waals surface area (Å²) in [7, 11) is 0. The van der Waals surface area contributed by atoms with E-state index in [1.165, 1.54) is 41.7 Å². The Morgan fingerprint density at radius 1 is 0.474 bits per heavy atom. The second kappa shape index (κ2) is 12.6. The van der Waals surface area contributed by atoms with Crippen molar-refractivity contribution in [2.45, 2.75) is 6.29 Å². The fourth-order valence-electron chi connectivity index (χ4n) is 8.84. The van der Waals surface area contributed by atoms with Crippen molar-refractivity contribution >= 4 is 86.5 Å². The normalized spacial score (nSPS) is 14.5. The van der Waals surface area contributed by atoms with Crippen LogP contribution in [0.4, 0.5) is 0 Å². The predicted octanol–water partition coefficient (Wildman–Crippen LogP) is 12.9. The Labute approximate surface area is 332 Å². The first-order valence-electron chi connectivity index (χ1n) is 19.3. The maximum absolute atomic E-state index is 5.41. The van der Waals surface area contributed by atoms with Gasteiger partial charge in [-0.15, -0.1) is 11.3 Å². The van der Waals surface area contributed by atoms with Crippen molar-refractivity contribution in [2.75, 3.05) is 0 Å². The van der Waals surface area contributed by atoms with E-state index in [2.05, 4.69) is 203 Å². The molecule has 0 bridgehead atoms. The van der Waals surface area contributed by atoms with Crippen LogP contribution in [0.5, 0.6) is 0 Å². The molecule has 0 saturated carbocycles. The lowest BCUT2D eigenvalue weighted by atomic mass is 10.0. The molecule has 268 valence electrons. The monoisotopic (exact) mass is 747 g/mol. The number of hydrogen-bond donors (Lipinski definition) is 1. The maximum Gasteiger partial charge on any atom is 0.201 e. The molecule has 0 fully saturated rings. The third kappa shape index (κ3) is 5.01. The highest BCUT2D eigenvalue weighted by atomic mass is 32.1. The van der Waals surface area contributed by atoms with Crippen molar-refractivity contribution in [3.63, 3.8) is 0 Å². The fourth-order valence-corrected chi connectivity index (χ4v) is 9.93. The summed E-state index contributed by atoms with van der Waals surface area (Å²) in [5.74, 6) is 0.890. The first-order valence-corrected chi connectivity index (χ1v) is 20.1. The van der Waals surface area contributed by atoms with Crippen LogP contribution < -0.4 is 5.32 Å². The number of aliphatic imine (C=N–C) groups is 1. The lowest BCUT2D eigenvalue weighted by molar-refractivity contribution is 0.508. The predicted molar refractivity (Wildman–Crippen MR) is 239 cm³/mol. The number of fused-ring (bicyclic) bond motifs is 10. The van der Waals surface area contributed by atoms with Crippen LogP contribution in [0.2, 0.25) is 0 Å². The lowest BCUT2D eigenvalue weighted by Crippen LogP contribution is -2.29. The molecule has 0 saturated heterocycles. The summed E-state index contributed by atoms with van der Waals surface area (Å²) in [6.07, 6.45) is 1.78. The van der Waals surface area contributed by atoms with E-state index in [0.717, 1.165) is 61.7 Å². The van der Waals surface area contributed by atoms with Gasteiger partial charge in [0.15, 0.2) is 0 Å². The SMILES string of the molecule is C1=C(c2ccccc2)NC(n2c3ccccc3c3c4c5ccccc5n(-c5cccc(-c6ccc7sc8ccccc8c7c6)n5)c4ccc32)N=C1c1ccccc1. The number of para-hydroxylation sites is 2. The third-order valence-corrected chi connectivity index (χ3v) is 12.5. The molecule has 1 aliphatic rings. The molecule has 0 spiro atoms. The minimum Gasteiger partial charge on any atom is -0.346 e. The van der Waals surface area contributed by atoms with E-state index >= 15 is 0 Å². The quantitative estimate of drug-likeness (QED) is 0.191. The van der Waals surface area contributed by atoms with Gasteiger partial charge in [-0.2, -0.15) is 0 Å². The molecule has 0 radical (unpaired) electrons. The number of nitrogens with zero attached hydrogens (tertiary/aromatic N) is 4. The molecule has 5 heterocycles. The van der Waals surface area contributed by atoms with Crippen molar-refractivity contribution in [3.05, 3.63) is 199 Å². The first kappa shape index (κ1) is 32.0. The summed E-state index contributed by atoms with van der Waals surface area (Å²) in [6.45, 7) is 0. The number of allylic oxidation sites excluding steroid dienone is 1. The van der Waals surface area contributed by atoms with Gasteiger partial charge in [-0.25, -0.2) is 9.98 Å². The number of hydrogen-bond acceptors (Lipinski definition) is 4. The van der Waals surface area contributed by atoms with Crippen LogP contribution in [-0.4, -0.2) is 19.8 Å². The molecular formula is C51H33N5S. The molecule has 6 heteroatoms. The van der Waals surface area contributed by atoms with E-state index in [-0.39, 0.29) is 6.29 Å². The van der Waals surface area contributed by atoms with Gasteiger partial charge in [0.25, 0.3) is 0 Å². The molecule has 0 aliphatic carbocycles. The van der Waals surface area contributed by atoms with Crippen molar-refractivity contribution in [2.24, 2.45) is 4.99 Å². The Balaban J connectivity index is 1.07. The topological polar surface area (TPSA) is 47.1 Å². The van der Waals surface area contributed by atoms with Crippen molar-refractivity contribution in [1.29, 1.82) is 0 Å². The number of rotatable bonds is 5. The first-order chi connectivity index (χ1) is 28.3. The van der Waals surface area contributed by atoms with Gasteiger partial charge in [0, 0.05) is 53.0 Å². The molecule has 4 aromatic heterocycles. The summed E-state index contributed by atoms with van der Waals surface area (Å²) in [4.78, 5) is 10.8. The van der Waals surface area contributed by atoms with Crippen molar-refractivity contribution < 1.29 is 0 Å². The summed E-state index contributed by atoms with van der Waals surface area (Å²) in [6, 6.07) is 64.8. The zero-order valence-electron chi connectivity index (χ0n) is 30.7. The van der Waals surface area contributed by atoms with Crippen LogP contribution in [0.25, 0.3) is 86.6 Å². The molecule has 1 N–H and O–H groups in total.